The topological polar surface area (TPSA) is 0 Å². The Hall–Kier alpha value is -1.76. The second kappa shape index (κ2) is 5.84. The third kappa shape index (κ3) is 3.43. The zero-order chi connectivity index (χ0) is 10.2. The molecule has 0 saturated carbocycles. The summed E-state index contributed by atoms with van der Waals surface area (Å²) in [5, 5.41) is 0. The van der Waals surface area contributed by atoms with E-state index in [0.29, 0.717) is 25.7 Å². The Balaban J connectivity index is 4.66. The van der Waals surface area contributed by atoms with Gasteiger partial charge in [0, 0.05) is 31.1 Å². The van der Waals surface area contributed by atoms with Gasteiger partial charge < -0.3 is 0 Å². The molecule has 0 aliphatic rings. The summed E-state index contributed by atoms with van der Waals surface area (Å²) < 4.78 is 0. The van der Waals surface area contributed by atoms with Crippen LogP contribution in [0.25, 0.3) is 0 Å². The summed E-state index contributed by atoms with van der Waals surface area (Å²) in [6.45, 7) is 0. The fourth-order valence-electron chi connectivity index (χ4n) is 1.24. The number of terminal acetylenes is 4. The molecule has 0 bridgehead atoms. The van der Waals surface area contributed by atoms with Gasteiger partial charge in [-0.15, -0.1) is 49.4 Å². The smallest absolute Gasteiger partial charge is 0.0170 e. The summed E-state index contributed by atoms with van der Waals surface area (Å²) in [7, 11) is 0. The molecule has 0 N–H and O–H groups in total. The van der Waals surface area contributed by atoms with Crippen molar-refractivity contribution in [3.05, 3.63) is 0 Å². The van der Waals surface area contributed by atoms with Crippen LogP contribution >= 0.6 is 0 Å². The highest BCUT2D eigenvalue weighted by molar-refractivity contribution is 5.10. The first-order valence-corrected chi connectivity index (χ1v) is 3.98. The lowest BCUT2D eigenvalue weighted by Gasteiger charge is -2.25. The lowest BCUT2D eigenvalue weighted by atomic mass is 9.76. The third-order valence-electron chi connectivity index (χ3n) is 1.91. The van der Waals surface area contributed by atoms with Crippen molar-refractivity contribution in [2.24, 2.45) is 5.41 Å². The largest absolute Gasteiger partial charge is 0.120 e. The van der Waals surface area contributed by atoms with Crippen LogP contribution in [0.3, 0.4) is 0 Å². The van der Waals surface area contributed by atoms with E-state index in [9.17, 15) is 0 Å². The van der Waals surface area contributed by atoms with E-state index in [1.807, 2.05) is 0 Å². The van der Waals surface area contributed by atoms with Crippen LogP contribution in [0.2, 0.25) is 0 Å². The van der Waals surface area contributed by atoms with E-state index in [-0.39, 0.29) is 5.41 Å². The number of hydrogen-bond donors (Lipinski definition) is 0. The highest BCUT2D eigenvalue weighted by Crippen LogP contribution is 2.33. The van der Waals surface area contributed by atoms with Crippen LogP contribution in [0.1, 0.15) is 25.7 Å². The third-order valence-corrected chi connectivity index (χ3v) is 1.91. The van der Waals surface area contributed by atoms with E-state index in [2.05, 4.69) is 23.7 Å². The Morgan fingerprint density at radius 2 is 0.846 bits per heavy atom. The summed E-state index contributed by atoms with van der Waals surface area (Å²) in [6.07, 6.45) is 23.2. The van der Waals surface area contributed by atoms with E-state index in [1.165, 1.54) is 0 Å². The summed E-state index contributed by atoms with van der Waals surface area (Å²) >= 11 is 0. The molecule has 0 aliphatic heterocycles. The summed E-state index contributed by atoms with van der Waals surface area (Å²) in [6, 6.07) is 0. The molecule has 0 radical (unpaired) electrons. The van der Waals surface area contributed by atoms with E-state index in [0.717, 1.165) is 0 Å². The molecule has 0 heteroatoms. The Bertz CT molecular complexity index is 236. The maximum atomic E-state index is 5.25. The highest BCUT2D eigenvalue weighted by atomic mass is 14.3. The number of rotatable bonds is 4. The molecule has 0 saturated heterocycles. The van der Waals surface area contributed by atoms with E-state index < -0.39 is 0 Å². The molecule has 0 aliphatic carbocycles. The van der Waals surface area contributed by atoms with Crippen molar-refractivity contribution in [3.8, 4) is 49.4 Å². The molecule has 0 heterocycles. The van der Waals surface area contributed by atoms with Gasteiger partial charge in [-0.1, -0.05) is 0 Å². The van der Waals surface area contributed by atoms with Crippen LogP contribution in [0.15, 0.2) is 0 Å². The predicted molar refractivity (Wildman–Crippen MR) is 56.2 cm³/mol. The Labute approximate surface area is 81.1 Å². The first-order chi connectivity index (χ1) is 6.24. The Morgan fingerprint density at radius 3 is 1.00 bits per heavy atom. The summed E-state index contributed by atoms with van der Waals surface area (Å²) in [5.74, 6) is 10.3. The SMILES string of the molecule is C#CCC(CC#C)(CC#C)CC#C. The average molecular weight is 168 g/mol. The fraction of sp³-hybridized carbons (Fsp3) is 0.385. The van der Waals surface area contributed by atoms with Gasteiger partial charge in [-0.3, -0.25) is 0 Å². The summed E-state index contributed by atoms with van der Waals surface area (Å²) in [5.41, 5.74) is -0.243. The van der Waals surface area contributed by atoms with Gasteiger partial charge in [0.05, 0.1) is 0 Å². The number of hydrogen-bond acceptors (Lipinski definition) is 0. The lowest BCUT2D eigenvalue weighted by molar-refractivity contribution is 0.322. The van der Waals surface area contributed by atoms with Crippen LogP contribution in [-0.2, 0) is 0 Å². The van der Waals surface area contributed by atoms with Gasteiger partial charge in [0.2, 0.25) is 0 Å². The van der Waals surface area contributed by atoms with Crippen molar-refractivity contribution in [1.29, 1.82) is 0 Å². The van der Waals surface area contributed by atoms with Crippen LogP contribution < -0.4 is 0 Å². The minimum atomic E-state index is -0.243. The second-order valence-electron chi connectivity index (χ2n) is 3.02. The van der Waals surface area contributed by atoms with Gasteiger partial charge in [-0.05, 0) is 0 Å². The standard InChI is InChI=1S/C13H12/c1-5-9-13(10-6-2,11-7-3)12-8-4/h1-4H,9-12H2. The summed E-state index contributed by atoms with van der Waals surface area (Å²) in [4.78, 5) is 0. The maximum absolute atomic E-state index is 5.25. The molecule has 0 unspecified atom stereocenters. The molecule has 0 amide bonds. The minimum Gasteiger partial charge on any atom is -0.120 e. The average Bonchev–Trinajstić information content (AvgIpc) is 2.06. The molecule has 13 heavy (non-hydrogen) atoms. The van der Waals surface area contributed by atoms with Crippen molar-refractivity contribution >= 4 is 0 Å². The molecule has 0 aromatic heterocycles. The normalized spacial score (nSPS) is 8.92. The van der Waals surface area contributed by atoms with Crippen molar-refractivity contribution in [2.45, 2.75) is 25.7 Å². The van der Waals surface area contributed by atoms with E-state index in [1.54, 1.807) is 0 Å². The maximum Gasteiger partial charge on any atom is 0.0170 e. The predicted octanol–water partition coefficient (Wildman–Crippen LogP) is 2.07. The van der Waals surface area contributed by atoms with Crippen molar-refractivity contribution in [3.63, 3.8) is 0 Å². The Kier molecular flexibility index (Phi) is 5.05. The molecule has 0 spiro atoms. The van der Waals surface area contributed by atoms with Crippen molar-refractivity contribution < 1.29 is 0 Å². The first-order valence-electron chi connectivity index (χ1n) is 3.98. The van der Waals surface area contributed by atoms with Gasteiger partial charge >= 0.3 is 0 Å². The van der Waals surface area contributed by atoms with Gasteiger partial charge in [0.25, 0.3) is 0 Å². The molecule has 0 fully saturated rings. The second-order valence-corrected chi connectivity index (χ2v) is 3.02. The lowest BCUT2D eigenvalue weighted by Crippen LogP contribution is -2.18. The van der Waals surface area contributed by atoms with Gasteiger partial charge in [-0.25, -0.2) is 0 Å². The molecule has 0 aromatic rings. The first kappa shape index (κ1) is 11.2. The zero-order valence-electron chi connectivity index (χ0n) is 7.64. The highest BCUT2D eigenvalue weighted by Gasteiger charge is 2.26. The molecular weight excluding hydrogens is 156 g/mol. The minimum absolute atomic E-state index is 0.243. The molecule has 0 nitrogen and oxygen atoms in total. The van der Waals surface area contributed by atoms with E-state index in [4.69, 9.17) is 25.7 Å². The van der Waals surface area contributed by atoms with Gasteiger partial charge in [0.15, 0.2) is 0 Å². The molecule has 0 aromatic carbocycles. The van der Waals surface area contributed by atoms with Crippen LogP contribution in [-0.4, -0.2) is 0 Å². The molecular formula is C13H12. The zero-order valence-corrected chi connectivity index (χ0v) is 7.64. The van der Waals surface area contributed by atoms with Crippen LogP contribution in [0.5, 0.6) is 0 Å². The quantitative estimate of drug-likeness (QED) is 0.564. The van der Waals surface area contributed by atoms with Crippen LogP contribution in [0.4, 0.5) is 0 Å². The van der Waals surface area contributed by atoms with Gasteiger partial charge in [0.1, 0.15) is 0 Å². The van der Waals surface area contributed by atoms with Crippen molar-refractivity contribution in [2.75, 3.05) is 0 Å². The molecule has 64 valence electrons. The molecule has 0 rings (SSSR count). The van der Waals surface area contributed by atoms with Crippen molar-refractivity contribution in [1.82, 2.24) is 0 Å². The fourth-order valence-corrected chi connectivity index (χ4v) is 1.24. The monoisotopic (exact) mass is 168 g/mol. The molecule has 0 atom stereocenters. The van der Waals surface area contributed by atoms with Gasteiger partial charge in [-0.2, -0.15) is 0 Å². The van der Waals surface area contributed by atoms with Crippen LogP contribution in [0, 0.1) is 54.8 Å². The van der Waals surface area contributed by atoms with E-state index >= 15 is 0 Å². The Morgan fingerprint density at radius 1 is 0.615 bits per heavy atom.